The number of hydrogen-bond donors (Lipinski definition) is 0. The van der Waals surface area contributed by atoms with Crippen LogP contribution in [-0.4, -0.2) is 17.9 Å². The number of methoxy groups -OCH3 is 1. The summed E-state index contributed by atoms with van der Waals surface area (Å²) < 4.78 is 18.4. The highest BCUT2D eigenvalue weighted by Gasteiger charge is 2.10. The lowest BCUT2D eigenvalue weighted by atomic mass is 10.0. The van der Waals surface area contributed by atoms with Gasteiger partial charge in [-0.05, 0) is 36.2 Å². The fourth-order valence-corrected chi connectivity index (χ4v) is 1.81. The second kappa shape index (κ2) is 5.61. The van der Waals surface area contributed by atoms with E-state index in [-0.39, 0.29) is 18.0 Å². The zero-order valence-electron chi connectivity index (χ0n) is 10.8. The third-order valence-electron chi connectivity index (χ3n) is 2.78. The molecule has 0 fully saturated rings. The van der Waals surface area contributed by atoms with Gasteiger partial charge in [0.15, 0.2) is 17.3 Å². The van der Waals surface area contributed by atoms with Gasteiger partial charge in [0.25, 0.3) is 0 Å². The van der Waals surface area contributed by atoms with Crippen LogP contribution in [0.25, 0.3) is 0 Å². The molecule has 0 amide bonds. The Morgan fingerprint density at radius 1 is 1.32 bits per heavy atom. The van der Waals surface area contributed by atoms with Gasteiger partial charge >= 0.3 is 0 Å². The van der Waals surface area contributed by atoms with E-state index in [2.05, 4.69) is 4.98 Å². The highest BCUT2D eigenvalue weighted by Crippen LogP contribution is 2.18. The van der Waals surface area contributed by atoms with Crippen LogP contribution in [0.3, 0.4) is 0 Å². The molecule has 0 aliphatic heterocycles. The van der Waals surface area contributed by atoms with Crippen molar-refractivity contribution in [1.29, 1.82) is 0 Å². The molecule has 4 heteroatoms. The third-order valence-corrected chi connectivity index (χ3v) is 2.78. The number of ketones is 1. The van der Waals surface area contributed by atoms with Crippen LogP contribution in [0.5, 0.6) is 5.75 Å². The zero-order valence-corrected chi connectivity index (χ0v) is 10.8. The van der Waals surface area contributed by atoms with E-state index >= 15 is 0 Å². The van der Waals surface area contributed by atoms with Crippen molar-refractivity contribution in [2.24, 2.45) is 0 Å². The number of ether oxygens (including phenoxy) is 1. The molecule has 0 radical (unpaired) electrons. The fraction of sp³-hybridized carbons (Fsp3) is 0.200. The first-order chi connectivity index (χ1) is 9.10. The number of halogens is 1. The highest BCUT2D eigenvalue weighted by atomic mass is 19.1. The van der Waals surface area contributed by atoms with Crippen molar-refractivity contribution >= 4 is 5.78 Å². The van der Waals surface area contributed by atoms with Crippen molar-refractivity contribution in [1.82, 2.24) is 4.98 Å². The maximum absolute atomic E-state index is 13.5. The third kappa shape index (κ3) is 3.16. The summed E-state index contributed by atoms with van der Waals surface area (Å²) >= 11 is 0. The van der Waals surface area contributed by atoms with Gasteiger partial charge in [0.2, 0.25) is 0 Å². The zero-order chi connectivity index (χ0) is 13.8. The molecular formula is C15H14FNO2. The molecule has 1 aromatic carbocycles. The van der Waals surface area contributed by atoms with Crippen LogP contribution in [0.15, 0.2) is 36.7 Å². The van der Waals surface area contributed by atoms with Gasteiger partial charge in [-0.1, -0.05) is 6.07 Å². The van der Waals surface area contributed by atoms with Gasteiger partial charge in [0.05, 0.1) is 7.11 Å². The van der Waals surface area contributed by atoms with Gasteiger partial charge in [-0.25, -0.2) is 4.39 Å². The van der Waals surface area contributed by atoms with Gasteiger partial charge in [-0.2, -0.15) is 0 Å². The van der Waals surface area contributed by atoms with Crippen LogP contribution in [0.1, 0.15) is 21.5 Å². The van der Waals surface area contributed by atoms with E-state index in [1.54, 1.807) is 18.3 Å². The molecule has 0 bridgehead atoms. The van der Waals surface area contributed by atoms with E-state index in [4.69, 9.17) is 4.74 Å². The molecule has 0 atom stereocenters. The molecule has 1 aromatic heterocycles. The number of carbonyl (C=O) groups is 1. The fourth-order valence-electron chi connectivity index (χ4n) is 1.81. The number of aryl methyl sites for hydroxylation is 1. The Hall–Kier alpha value is -2.23. The molecule has 1 heterocycles. The lowest BCUT2D eigenvalue weighted by Gasteiger charge is -2.05. The second-order valence-corrected chi connectivity index (χ2v) is 4.32. The van der Waals surface area contributed by atoms with Gasteiger partial charge in [-0.15, -0.1) is 0 Å². The predicted octanol–water partition coefficient (Wildman–Crippen LogP) is 2.96. The summed E-state index contributed by atoms with van der Waals surface area (Å²) in [4.78, 5) is 16.0. The van der Waals surface area contributed by atoms with Crippen molar-refractivity contribution in [3.05, 3.63) is 59.2 Å². The molecular weight excluding hydrogens is 245 g/mol. The average Bonchev–Trinajstić information content (AvgIpc) is 2.39. The molecule has 98 valence electrons. The number of rotatable bonds is 4. The SMILES string of the molecule is COc1ccc(CC(=O)c2cncc(C)c2)cc1F. The quantitative estimate of drug-likeness (QED) is 0.792. The molecule has 19 heavy (non-hydrogen) atoms. The van der Waals surface area contributed by atoms with Gasteiger partial charge < -0.3 is 4.74 Å². The topological polar surface area (TPSA) is 39.2 Å². The lowest BCUT2D eigenvalue weighted by Crippen LogP contribution is -2.05. The molecule has 0 spiro atoms. The summed E-state index contributed by atoms with van der Waals surface area (Å²) in [6, 6.07) is 6.30. The number of Topliss-reactive ketones (excluding diaryl/α,β-unsaturated/α-hetero) is 1. The summed E-state index contributed by atoms with van der Waals surface area (Å²) in [6.45, 7) is 1.87. The summed E-state index contributed by atoms with van der Waals surface area (Å²) in [6.07, 6.45) is 3.35. The Morgan fingerprint density at radius 2 is 2.11 bits per heavy atom. The van der Waals surface area contributed by atoms with Crippen molar-refractivity contribution in [2.75, 3.05) is 7.11 Å². The summed E-state index contributed by atoms with van der Waals surface area (Å²) in [5.41, 5.74) is 2.08. The number of nitrogens with zero attached hydrogens (tertiary/aromatic N) is 1. The molecule has 0 N–H and O–H groups in total. The monoisotopic (exact) mass is 259 g/mol. The number of benzene rings is 1. The first kappa shape index (κ1) is 13.2. The molecule has 0 aliphatic carbocycles. The Labute approximate surface area is 111 Å². The largest absolute Gasteiger partial charge is 0.494 e. The number of carbonyl (C=O) groups excluding carboxylic acids is 1. The molecule has 3 nitrogen and oxygen atoms in total. The van der Waals surface area contributed by atoms with E-state index in [1.807, 2.05) is 6.92 Å². The minimum atomic E-state index is -0.463. The van der Waals surface area contributed by atoms with E-state index in [1.165, 1.54) is 25.4 Å². The van der Waals surface area contributed by atoms with Crippen LogP contribution >= 0.6 is 0 Å². The van der Waals surface area contributed by atoms with Crippen LogP contribution < -0.4 is 4.74 Å². The van der Waals surface area contributed by atoms with Crippen molar-refractivity contribution < 1.29 is 13.9 Å². The van der Waals surface area contributed by atoms with E-state index < -0.39 is 5.82 Å². The average molecular weight is 259 g/mol. The number of pyridine rings is 1. The highest BCUT2D eigenvalue weighted by molar-refractivity contribution is 5.97. The van der Waals surface area contributed by atoms with E-state index in [0.717, 1.165) is 5.56 Å². The summed E-state index contributed by atoms with van der Waals surface area (Å²) in [7, 11) is 1.40. The van der Waals surface area contributed by atoms with Gasteiger partial charge in [-0.3, -0.25) is 9.78 Å². The molecule has 0 saturated heterocycles. The molecule has 0 unspecified atom stereocenters. The van der Waals surface area contributed by atoms with Crippen LogP contribution in [0.4, 0.5) is 4.39 Å². The maximum atomic E-state index is 13.5. The van der Waals surface area contributed by atoms with Gasteiger partial charge in [0, 0.05) is 24.4 Å². The van der Waals surface area contributed by atoms with Crippen LogP contribution in [0.2, 0.25) is 0 Å². The lowest BCUT2D eigenvalue weighted by molar-refractivity contribution is 0.0992. The molecule has 2 rings (SSSR count). The molecule has 0 aliphatic rings. The maximum Gasteiger partial charge on any atom is 0.168 e. The summed E-state index contributed by atoms with van der Waals surface area (Å²) in [5.74, 6) is -0.371. The second-order valence-electron chi connectivity index (χ2n) is 4.32. The Bertz CT molecular complexity index is 611. The van der Waals surface area contributed by atoms with Crippen molar-refractivity contribution in [3.63, 3.8) is 0 Å². The number of aromatic nitrogens is 1. The van der Waals surface area contributed by atoms with Crippen LogP contribution in [0, 0.1) is 12.7 Å². The first-order valence-electron chi connectivity index (χ1n) is 5.87. The smallest absolute Gasteiger partial charge is 0.168 e. The van der Waals surface area contributed by atoms with Crippen LogP contribution in [-0.2, 0) is 6.42 Å². The normalized spacial score (nSPS) is 10.3. The molecule has 0 saturated carbocycles. The minimum Gasteiger partial charge on any atom is -0.494 e. The predicted molar refractivity (Wildman–Crippen MR) is 70.0 cm³/mol. The van der Waals surface area contributed by atoms with Gasteiger partial charge in [0.1, 0.15) is 0 Å². The summed E-state index contributed by atoms with van der Waals surface area (Å²) in [5, 5.41) is 0. The Balaban J connectivity index is 2.17. The first-order valence-corrected chi connectivity index (χ1v) is 5.87. The van der Waals surface area contributed by atoms with Crippen molar-refractivity contribution in [3.8, 4) is 5.75 Å². The minimum absolute atomic E-state index is 0.0826. The van der Waals surface area contributed by atoms with E-state index in [9.17, 15) is 9.18 Å². The van der Waals surface area contributed by atoms with Crippen molar-refractivity contribution in [2.45, 2.75) is 13.3 Å². The Kier molecular flexibility index (Phi) is 3.90. The number of hydrogen-bond acceptors (Lipinski definition) is 3. The molecule has 2 aromatic rings. The standard InChI is InChI=1S/C15H14FNO2/c1-10-5-12(9-17-8-10)14(18)7-11-3-4-15(19-2)13(16)6-11/h3-6,8-9H,7H2,1-2H3. The Morgan fingerprint density at radius 3 is 2.74 bits per heavy atom. The van der Waals surface area contributed by atoms with E-state index in [0.29, 0.717) is 11.1 Å².